The molecule has 0 saturated heterocycles. The van der Waals surface area contributed by atoms with Gasteiger partial charge in [0.1, 0.15) is 6.61 Å². The van der Waals surface area contributed by atoms with Gasteiger partial charge in [-0.3, -0.25) is 5.32 Å². The standard InChI is InChI=1S/C15H15NO5S/c1-22(18,19)21-14-10-6-5-9-13(14)16-15(17)20-11-12-7-3-2-4-8-12/h2-10H,11H2,1H3,(H,16,17). The van der Waals surface area contributed by atoms with Crippen LogP contribution in [0, 0.1) is 0 Å². The third-order valence-electron chi connectivity index (χ3n) is 2.58. The van der Waals surface area contributed by atoms with Crippen molar-refractivity contribution in [3.8, 4) is 5.75 Å². The van der Waals surface area contributed by atoms with Crippen molar-refractivity contribution in [2.24, 2.45) is 0 Å². The van der Waals surface area contributed by atoms with Gasteiger partial charge >= 0.3 is 16.2 Å². The van der Waals surface area contributed by atoms with Gasteiger partial charge in [-0.1, -0.05) is 42.5 Å². The van der Waals surface area contributed by atoms with Crippen LogP contribution in [0.3, 0.4) is 0 Å². The number of carbonyl (C=O) groups excluding carboxylic acids is 1. The van der Waals surface area contributed by atoms with Crippen LogP contribution < -0.4 is 9.50 Å². The second-order valence-corrected chi connectivity index (χ2v) is 6.05. The van der Waals surface area contributed by atoms with E-state index in [1.807, 2.05) is 30.3 Å². The Hall–Kier alpha value is -2.54. The van der Waals surface area contributed by atoms with E-state index in [2.05, 4.69) is 5.32 Å². The maximum Gasteiger partial charge on any atom is 0.412 e. The van der Waals surface area contributed by atoms with E-state index in [9.17, 15) is 13.2 Å². The molecule has 2 rings (SSSR count). The van der Waals surface area contributed by atoms with E-state index in [1.54, 1.807) is 12.1 Å². The van der Waals surface area contributed by atoms with Crippen LogP contribution in [-0.2, 0) is 21.5 Å². The number of ether oxygens (including phenoxy) is 1. The molecule has 0 aliphatic carbocycles. The zero-order chi connectivity index (χ0) is 16.0. The Morgan fingerprint density at radius 1 is 1.05 bits per heavy atom. The summed E-state index contributed by atoms with van der Waals surface area (Å²) in [6.45, 7) is 0.113. The molecule has 2 aromatic carbocycles. The summed E-state index contributed by atoms with van der Waals surface area (Å²) in [7, 11) is -3.68. The molecule has 0 aliphatic rings. The highest BCUT2D eigenvalue weighted by molar-refractivity contribution is 7.86. The highest BCUT2D eigenvalue weighted by Crippen LogP contribution is 2.25. The van der Waals surface area contributed by atoms with Gasteiger partial charge in [-0.2, -0.15) is 8.42 Å². The van der Waals surface area contributed by atoms with E-state index < -0.39 is 16.2 Å². The maximum atomic E-state index is 11.8. The van der Waals surface area contributed by atoms with Crippen molar-refractivity contribution in [1.29, 1.82) is 0 Å². The molecule has 0 saturated carbocycles. The van der Waals surface area contributed by atoms with Crippen molar-refractivity contribution in [2.75, 3.05) is 11.6 Å². The predicted octanol–water partition coefficient (Wildman–Crippen LogP) is 2.77. The Kier molecular flexibility index (Phi) is 5.00. The van der Waals surface area contributed by atoms with Gasteiger partial charge in [0.2, 0.25) is 0 Å². The van der Waals surface area contributed by atoms with Crippen molar-refractivity contribution in [3.05, 3.63) is 60.2 Å². The lowest BCUT2D eigenvalue weighted by Crippen LogP contribution is -2.15. The molecule has 0 spiro atoms. The summed E-state index contributed by atoms with van der Waals surface area (Å²) < 4.78 is 32.2. The minimum absolute atomic E-state index is 0.0293. The number of anilines is 1. The smallest absolute Gasteiger partial charge is 0.412 e. The quantitative estimate of drug-likeness (QED) is 0.856. The Bertz CT molecular complexity index is 744. The lowest BCUT2D eigenvalue weighted by Gasteiger charge is -2.11. The van der Waals surface area contributed by atoms with Crippen molar-refractivity contribution < 1.29 is 22.1 Å². The predicted molar refractivity (Wildman–Crippen MR) is 82.2 cm³/mol. The van der Waals surface area contributed by atoms with Gasteiger partial charge in [0, 0.05) is 0 Å². The van der Waals surface area contributed by atoms with E-state index in [0.29, 0.717) is 0 Å². The van der Waals surface area contributed by atoms with Crippen LogP contribution >= 0.6 is 0 Å². The fraction of sp³-hybridized carbons (Fsp3) is 0.133. The minimum Gasteiger partial charge on any atom is -0.444 e. The molecule has 0 atom stereocenters. The largest absolute Gasteiger partial charge is 0.444 e. The van der Waals surface area contributed by atoms with Gasteiger partial charge in [-0.15, -0.1) is 0 Å². The summed E-state index contributed by atoms with van der Waals surface area (Å²) in [5.41, 5.74) is 1.06. The molecule has 0 bridgehead atoms. The third-order valence-corrected chi connectivity index (χ3v) is 3.06. The average molecular weight is 321 g/mol. The fourth-order valence-electron chi connectivity index (χ4n) is 1.67. The van der Waals surface area contributed by atoms with Crippen molar-refractivity contribution in [2.45, 2.75) is 6.61 Å². The van der Waals surface area contributed by atoms with E-state index in [1.165, 1.54) is 12.1 Å². The van der Waals surface area contributed by atoms with Crippen LogP contribution in [0.25, 0.3) is 0 Å². The number of carbonyl (C=O) groups is 1. The highest BCUT2D eigenvalue weighted by atomic mass is 32.2. The van der Waals surface area contributed by atoms with E-state index in [-0.39, 0.29) is 18.0 Å². The number of rotatable bonds is 5. The minimum atomic E-state index is -3.68. The van der Waals surface area contributed by atoms with Crippen LogP contribution in [0.2, 0.25) is 0 Å². The third kappa shape index (κ3) is 5.10. The van der Waals surface area contributed by atoms with Crippen LogP contribution in [0.1, 0.15) is 5.56 Å². The Labute approximate surface area is 128 Å². The zero-order valence-corrected chi connectivity index (χ0v) is 12.7. The van der Waals surface area contributed by atoms with Crippen LogP contribution in [-0.4, -0.2) is 20.8 Å². The molecular formula is C15H15NO5S. The molecule has 22 heavy (non-hydrogen) atoms. The van der Waals surface area contributed by atoms with Crippen LogP contribution in [0.15, 0.2) is 54.6 Å². The second-order valence-electron chi connectivity index (χ2n) is 4.47. The van der Waals surface area contributed by atoms with Gasteiger partial charge in [0.05, 0.1) is 11.9 Å². The van der Waals surface area contributed by atoms with Gasteiger partial charge in [-0.25, -0.2) is 4.79 Å². The summed E-state index contributed by atoms with van der Waals surface area (Å²) in [5.74, 6) is 0.0293. The monoisotopic (exact) mass is 321 g/mol. The zero-order valence-electron chi connectivity index (χ0n) is 11.9. The fourth-order valence-corrected chi connectivity index (χ4v) is 2.15. The molecule has 0 radical (unpaired) electrons. The molecule has 0 heterocycles. The summed E-state index contributed by atoms with van der Waals surface area (Å²) >= 11 is 0. The lowest BCUT2D eigenvalue weighted by molar-refractivity contribution is 0.155. The number of benzene rings is 2. The first-order valence-electron chi connectivity index (χ1n) is 6.40. The molecule has 7 heteroatoms. The van der Waals surface area contributed by atoms with Gasteiger partial charge in [0.25, 0.3) is 0 Å². The maximum absolute atomic E-state index is 11.8. The molecule has 0 unspecified atom stereocenters. The molecule has 1 N–H and O–H groups in total. The van der Waals surface area contributed by atoms with Crippen LogP contribution in [0.4, 0.5) is 10.5 Å². The summed E-state index contributed by atoms with van der Waals surface area (Å²) in [4.78, 5) is 11.8. The summed E-state index contributed by atoms with van der Waals surface area (Å²) in [5, 5.41) is 2.45. The van der Waals surface area contributed by atoms with Gasteiger partial charge in [-0.05, 0) is 17.7 Å². The normalized spacial score (nSPS) is 10.8. The lowest BCUT2D eigenvalue weighted by atomic mass is 10.2. The highest BCUT2D eigenvalue weighted by Gasteiger charge is 2.12. The van der Waals surface area contributed by atoms with Crippen LogP contribution in [0.5, 0.6) is 5.75 Å². The van der Waals surface area contributed by atoms with E-state index in [0.717, 1.165) is 11.8 Å². The van der Waals surface area contributed by atoms with Gasteiger partial charge in [0.15, 0.2) is 5.75 Å². The first-order chi connectivity index (χ1) is 10.4. The molecular weight excluding hydrogens is 306 g/mol. The Morgan fingerprint density at radius 2 is 1.68 bits per heavy atom. The molecule has 1 amide bonds. The number of hydrogen-bond donors (Lipinski definition) is 1. The second kappa shape index (κ2) is 6.95. The first kappa shape index (κ1) is 15.8. The summed E-state index contributed by atoms with van der Waals surface area (Å²) in [6, 6.07) is 15.4. The Balaban J connectivity index is 2.00. The number of hydrogen-bond acceptors (Lipinski definition) is 5. The first-order valence-corrected chi connectivity index (χ1v) is 8.22. The van der Waals surface area contributed by atoms with Crippen molar-refractivity contribution in [3.63, 3.8) is 0 Å². The van der Waals surface area contributed by atoms with E-state index >= 15 is 0 Å². The SMILES string of the molecule is CS(=O)(=O)Oc1ccccc1NC(=O)OCc1ccccc1. The topological polar surface area (TPSA) is 81.7 Å². The van der Waals surface area contributed by atoms with Crippen molar-refractivity contribution in [1.82, 2.24) is 0 Å². The van der Waals surface area contributed by atoms with Crippen molar-refractivity contribution >= 4 is 21.9 Å². The van der Waals surface area contributed by atoms with E-state index in [4.69, 9.17) is 8.92 Å². The molecule has 2 aromatic rings. The number of nitrogens with one attached hydrogen (secondary N) is 1. The molecule has 116 valence electrons. The average Bonchev–Trinajstić information content (AvgIpc) is 2.47. The van der Waals surface area contributed by atoms with Gasteiger partial charge < -0.3 is 8.92 Å². The summed E-state index contributed by atoms with van der Waals surface area (Å²) in [6.07, 6.45) is 0.228. The molecule has 0 fully saturated rings. The number of para-hydroxylation sites is 2. The molecule has 0 aliphatic heterocycles. The Morgan fingerprint density at radius 3 is 2.36 bits per heavy atom. The molecule has 6 nitrogen and oxygen atoms in total. The number of amides is 1. The molecule has 0 aromatic heterocycles.